The quantitative estimate of drug-likeness (QED) is 0.873. The van der Waals surface area contributed by atoms with Crippen LogP contribution in [0, 0.1) is 5.82 Å². The SMILES string of the molecule is C[C@H]1COCCN1C(=O)Cc1csc(-c2cccc(F)c2)n1. The zero-order chi connectivity index (χ0) is 15.5. The van der Waals surface area contributed by atoms with Gasteiger partial charge < -0.3 is 9.64 Å². The number of hydrogen-bond donors (Lipinski definition) is 0. The molecule has 1 atom stereocenters. The first-order chi connectivity index (χ1) is 10.6. The lowest BCUT2D eigenvalue weighted by Gasteiger charge is -2.33. The molecule has 0 bridgehead atoms. The van der Waals surface area contributed by atoms with Crippen molar-refractivity contribution < 1.29 is 13.9 Å². The van der Waals surface area contributed by atoms with E-state index in [1.165, 1.54) is 23.5 Å². The first kappa shape index (κ1) is 15.1. The lowest BCUT2D eigenvalue weighted by Crippen LogP contribution is -2.47. The monoisotopic (exact) mass is 320 g/mol. The summed E-state index contributed by atoms with van der Waals surface area (Å²) in [5.74, 6) is -0.223. The zero-order valence-corrected chi connectivity index (χ0v) is 13.1. The molecule has 0 aliphatic carbocycles. The lowest BCUT2D eigenvalue weighted by atomic mass is 10.2. The van der Waals surface area contributed by atoms with Gasteiger partial charge in [-0.2, -0.15) is 0 Å². The minimum atomic E-state index is -0.285. The summed E-state index contributed by atoms with van der Waals surface area (Å²) in [5.41, 5.74) is 1.47. The fraction of sp³-hybridized carbons (Fsp3) is 0.375. The number of halogens is 1. The number of amides is 1. The van der Waals surface area contributed by atoms with Crippen LogP contribution < -0.4 is 0 Å². The average molecular weight is 320 g/mol. The first-order valence-electron chi connectivity index (χ1n) is 7.21. The Morgan fingerprint density at radius 2 is 2.41 bits per heavy atom. The van der Waals surface area contributed by atoms with Gasteiger partial charge in [-0.05, 0) is 19.1 Å². The van der Waals surface area contributed by atoms with Gasteiger partial charge >= 0.3 is 0 Å². The second-order valence-corrected chi connectivity index (χ2v) is 6.20. The van der Waals surface area contributed by atoms with Crippen molar-refractivity contribution in [3.05, 3.63) is 41.2 Å². The van der Waals surface area contributed by atoms with Gasteiger partial charge in [0.25, 0.3) is 0 Å². The second-order valence-electron chi connectivity index (χ2n) is 5.34. The van der Waals surface area contributed by atoms with Crippen molar-refractivity contribution in [1.82, 2.24) is 9.88 Å². The summed E-state index contributed by atoms with van der Waals surface area (Å²) in [6.07, 6.45) is 0.274. The van der Waals surface area contributed by atoms with E-state index in [1.807, 2.05) is 23.3 Å². The molecule has 1 aromatic carbocycles. The third-order valence-electron chi connectivity index (χ3n) is 3.64. The summed E-state index contributed by atoms with van der Waals surface area (Å²) in [7, 11) is 0. The third-order valence-corrected chi connectivity index (χ3v) is 4.58. The Balaban J connectivity index is 1.70. The van der Waals surface area contributed by atoms with E-state index in [1.54, 1.807) is 6.07 Å². The van der Waals surface area contributed by atoms with E-state index in [9.17, 15) is 9.18 Å². The topological polar surface area (TPSA) is 42.4 Å². The summed E-state index contributed by atoms with van der Waals surface area (Å²) in [6.45, 7) is 3.77. The molecule has 0 unspecified atom stereocenters. The maximum absolute atomic E-state index is 13.3. The highest BCUT2D eigenvalue weighted by Crippen LogP contribution is 2.24. The fourth-order valence-electron chi connectivity index (χ4n) is 2.50. The Bertz CT molecular complexity index is 674. The summed E-state index contributed by atoms with van der Waals surface area (Å²) in [6, 6.07) is 6.43. The molecule has 2 heterocycles. The molecular formula is C16H17FN2O2S. The van der Waals surface area contributed by atoms with Crippen molar-refractivity contribution in [2.24, 2.45) is 0 Å². The van der Waals surface area contributed by atoms with Crippen LogP contribution in [0.2, 0.25) is 0 Å². The molecule has 3 rings (SSSR count). The van der Waals surface area contributed by atoms with Crippen molar-refractivity contribution in [1.29, 1.82) is 0 Å². The second kappa shape index (κ2) is 6.54. The molecule has 116 valence electrons. The number of hydrogen-bond acceptors (Lipinski definition) is 4. The van der Waals surface area contributed by atoms with Crippen molar-refractivity contribution >= 4 is 17.2 Å². The number of carbonyl (C=O) groups excluding carboxylic acids is 1. The average Bonchev–Trinajstić information content (AvgIpc) is 2.96. The smallest absolute Gasteiger partial charge is 0.229 e. The van der Waals surface area contributed by atoms with Crippen molar-refractivity contribution in [2.75, 3.05) is 19.8 Å². The molecule has 2 aromatic rings. The van der Waals surface area contributed by atoms with Crippen LogP contribution in [0.15, 0.2) is 29.6 Å². The van der Waals surface area contributed by atoms with Gasteiger partial charge in [-0.1, -0.05) is 12.1 Å². The van der Waals surface area contributed by atoms with Gasteiger partial charge in [0.1, 0.15) is 10.8 Å². The Labute approximate surface area is 132 Å². The number of thiazole rings is 1. The Kier molecular flexibility index (Phi) is 4.49. The van der Waals surface area contributed by atoms with Crippen LogP contribution in [-0.2, 0) is 16.0 Å². The summed E-state index contributed by atoms with van der Waals surface area (Å²) in [4.78, 5) is 18.6. The van der Waals surface area contributed by atoms with Crippen LogP contribution in [0.25, 0.3) is 10.6 Å². The standard InChI is InChI=1S/C16H17FN2O2S/c1-11-9-21-6-5-19(11)15(20)8-14-10-22-16(18-14)12-3-2-4-13(17)7-12/h2-4,7,10-11H,5-6,8-9H2,1H3/t11-/m0/s1. The van der Waals surface area contributed by atoms with Crippen LogP contribution in [0.4, 0.5) is 4.39 Å². The number of carbonyl (C=O) groups is 1. The highest BCUT2D eigenvalue weighted by atomic mass is 32.1. The molecule has 1 amide bonds. The Hall–Kier alpha value is -1.79. The molecule has 0 spiro atoms. The maximum Gasteiger partial charge on any atom is 0.229 e. The number of ether oxygens (including phenoxy) is 1. The normalized spacial score (nSPS) is 18.5. The molecule has 1 fully saturated rings. The summed E-state index contributed by atoms with van der Waals surface area (Å²) >= 11 is 1.43. The van der Waals surface area contributed by atoms with E-state index in [4.69, 9.17) is 4.74 Å². The molecule has 0 saturated carbocycles. The van der Waals surface area contributed by atoms with Gasteiger partial charge in [0, 0.05) is 17.5 Å². The minimum absolute atomic E-state index is 0.0619. The van der Waals surface area contributed by atoms with Gasteiger partial charge in [-0.15, -0.1) is 11.3 Å². The van der Waals surface area contributed by atoms with Crippen LogP contribution >= 0.6 is 11.3 Å². The number of aromatic nitrogens is 1. The largest absolute Gasteiger partial charge is 0.377 e. The van der Waals surface area contributed by atoms with Gasteiger partial charge in [0.05, 0.1) is 31.4 Å². The van der Waals surface area contributed by atoms with Gasteiger partial charge in [-0.25, -0.2) is 9.37 Å². The fourth-order valence-corrected chi connectivity index (χ4v) is 3.31. The first-order valence-corrected chi connectivity index (χ1v) is 8.09. The molecule has 0 N–H and O–H groups in total. The van der Waals surface area contributed by atoms with Gasteiger partial charge in [0.15, 0.2) is 0 Å². The van der Waals surface area contributed by atoms with E-state index >= 15 is 0 Å². The van der Waals surface area contributed by atoms with E-state index in [-0.39, 0.29) is 24.2 Å². The van der Waals surface area contributed by atoms with Crippen molar-refractivity contribution in [3.8, 4) is 10.6 Å². The van der Waals surface area contributed by atoms with Gasteiger partial charge in [-0.3, -0.25) is 4.79 Å². The summed E-state index contributed by atoms with van der Waals surface area (Å²) in [5, 5.41) is 2.60. The van der Waals surface area contributed by atoms with Crippen LogP contribution in [0.1, 0.15) is 12.6 Å². The lowest BCUT2D eigenvalue weighted by molar-refractivity contribution is -0.138. The van der Waals surface area contributed by atoms with Crippen LogP contribution in [0.3, 0.4) is 0 Å². The number of nitrogens with zero attached hydrogens (tertiary/aromatic N) is 2. The van der Waals surface area contributed by atoms with Crippen LogP contribution in [0.5, 0.6) is 0 Å². The molecule has 1 aromatic heterocycles. The molecule has 6 heteroatoms. The zero-order valence-electron chi connectivity index (χ0n) is 12.3. The third kappa shape index (κ3) is 3.34. The Morgan fingerprint density at radius 3 is 3.18 bits per heavy atom. The molecule has 1 aliphatic heterocycles. The van der Waals surface area contributed by atoms with Gasteiger partial charge in [0.2, 0.25) is 5.91 Å². The van der Waals surface area contributed by atoms with E-state index < -0.39 is 0 Å². The Morgan fingerprint density at radius 1 is 1.55 bits per heavy atom. The predicted molar refractivity (Wildman–Crippen MR) is 83.2 cm³/mol. The number of benzene rings is 1. The van der Waals surface area contributed by atoms with Crippen molar-refractivity contribution in [2.45, 2.75) is 19.4 Å². The van der Waals surface area contributed by atoms with Crippen LogP contribution in [-0.4, -0.2) is 41.6 Å². The molecule has 4 nitrogen and oxygen atoms in total. The number of morpholine rings is 1. The van der Waals surface area contributed by atoms with E-state index in [0.29, 0.717) is 19.8 Å². The summed E-state index contributed by atoms with van der Waals surface area (Å²) < 4.78 is 18.6. The number of rotatable bonds is 3. The molecular weight excluding hydrogens is 303 g/mol. The molecule has 1 saturated heterocycles. The molecule has 22 heavy (non-hydrogen) atoms. The maximum atomic E-state index is 13.3. The van der Waals surface area contributed by atoms with E-state index in [0.717, 1.165) is 16.3 Å². The highest BCUT2D eigenvalue weighted by molar-refractivity contribution is 7.13. The molecule has 1 aliphatic rings. The molecule has 0 radical (unpaired) electrons. The van der Waals surface area contributed by atoms with E-state index in [2.05, 4.69) is 4.98 Å². The predicted octanol–water partition coefficient (Wildman–Crippen LogP) is 2.74. The minimum Gasteiger partial charge on any atom is -0.377 e. The highest BCUT2D eigenvalue weighted by Gasteiger charge is 2.24. The van der Waals surface area contributed by atoms with Crippen molar-refractivity contribution in [3.63, 3.8) is 0 Å².